The second-order valence-corrected chi connectivity index (χ2v) is 8.87. The van der Waals surface area contributed by atoms with E-state index >= 15 is 0 Å². The van der Waals surface area contributed by atoms with Gasteiger partial charge in [-0.3, -0.25) is 9.20 Å². The minimum atomic E-state index is -0.235. The summed E-state index contributed by atoms with van der Waals surface area (Å²) in [5.41, 5.74) is 3.10. The number of benzene rings is 2. The maximum Gasteiger partial charge on any atom is 0.266 e. The number of fused-ring (bicyclic) bond motifs is 1. The summed E-state index contributed by atoms with van der Waals surface area (Å²) in [4.78, 5) is 18.5. The van der Waals surface area contributed by atoms with Gasteiger partial charge in [0.1, 0.15) is 0 Å². The lowest BCUT2D eigenvalue weighted by atomic mass is 10.0. The van der Waals surface area contributed by atoms with Crippen LogP contribution in [0.25, 0.3) is 28.9 Å². The Morgan fingerprint density at radius 3 is 2.41 bits per heavy atom. The highest BCUT2D eigenvalue weighted by Gasteiger charge is 2.20. The molecule has 186 valence electrons. The monoisotopic (exact) mass is 493 g/mol. The maximum atomic E-state index is 13.7. The molecule has 7 heteroatoms. The van der Waals surface area contributed by atoms with E-state index in [2.05, 4.69) is 6.07 Å². The normalized spacial score (nSPS) is 13.6. The molecule has 0 spiro atoms. The Morgan fingerprint density at radius 1 is 0.973 bits per heavy atom. The van der Waals surface area contributed by atoms with Crippen LogP contribution in [0.2, 0.25) is 0 Å². The first kappa shape index (κ1) is 24.1. The van der Waals surface area contributed by atoms with Gasteiger partial charge in [0.15, 0.2) is 22.9 Å². The largest absolute Gasteiger partial charge is 0.493 e. The molecular weight excluding hydrogens is 466 g/mol. The number of rotatable bonds is 7. The molecule has 0 N–H and O–H groups in total. The van der Waals surface area contributed by atoms with Crippen LogP contribution >= 0.6 is 0 Å². The van der Waals surface area contributed by atoms with Crippen LogP contribution < -0.4 is 19.8 Å². The summed E-state index contributed by atoms with van der Waals surface area (Å²) in [6.07, 6.45) is 9.90. The Bertz CT molecular complexity index is 1560. The van der Waals surface area contributed by atoms with E-state index < -0.39 is 0 Å². The number of methoxy groups -OCH3 is 2. The van der Waals surface area contributed by atoms with E-state index in [4.69, 9.17) is 19.2 Å². The van der Waals surface area contributed by atoms with Gasteiger partial charge in [-0.05, 0) is 73.7 Å². The summed E-state index contributed by atoms with van der Waals surface area (Å²) < 4.78 is 18.9. The van der Waals surface area contributed by atoms with Crippen LogP contribution in [0.1, 0.15) is 42.5 Å². The fourth-order valence-corrected chi connectivity index (χ4v) is 4.71. The zero-order valence-electron chi connectivity index (χ0n) is 20.8. The minimum absolute atomic E-state index is 0.158. The first-order valence-electron chi connectivity index (χ1n) is 12.2. The van der Waals surface area contributed by atoms with E-state index in [-0.39, 0.29) is 11.7 Å². The van der Waals surface area contributed by atoms with Gasteiger partial charge in [-0.1, -0.05) is 24.3 Å². The summed E-state index contributed by atoms with van der Waals surface area (Å²) in [6, 6.07) is 18.3. The second kappa shape index (κ2) is 10.6. The molecule has 0 aliphatic heterocycles. The van der Waals surface area contributed by atoms with Crippen molar-refractivity contribution in [2.24, 2.45) is 0 Å². The van der Waals surface area contributed by atoms with Crippen molar-refractivity contribution >= 4 is 17.8 Å². The van der Waals surface area contributed by atoms with E-state index in [0.717, 1.165) is 31.2 Å². The fraction of sp³-hybridized carbons (Fsp3) is 0.233. The molecule has 0 bridgehead atoms. The van der Waals surface area contributed by atoms with Crippen molar-refractivity contribution in [1.29, 1.82) is 5.26 Å². The van der Waals surface area contributed by atoms with Crippen LogP contribution in [0, 0.1) is 11.3 Å². The van der Waals surface area contributed by atoms with Gasteiger partial charge in [0, 0.05) is 11.8 Å². The number of para-hydroxylation sites is 1. The van der Waals surface area contributed by atoms with Crippen LogP contribution in [-0.4, -0.2) is 29.7 Å². The quantitative estimate of drug-likeness (QED) is 0.326. The molecule has 0 amide bonds. The van der Waals surface area contributed by atoms with Crippen molar-refractivity contribution < 1.29 is 14.2 Å². The molecular formula is C30H27N3O4. The molecule has 5 rings (SSSR count). The van der Waals surface area contributed by atoms with Crippen LogP contribution in [0.5, 0.6) is 17.2 Å². The smallest absolute Gasteiger partial charge is 0.266 e. The molecule has 1 aliphatic carbocycles. The Balaban J connectivity index is 1.67. The Morgan fingerprint density at radius 2 is 1.70 bits per heavy atom. The molecule has 2 heterocycles. The van der Waals surface area contributed by atoms with Crippen molar-refractivity contribution in [3.05, 3.63) is 88.0 Å². The van der Waals surface area contributed by atoms with Gasteiger partial charge in [0.05, 0.1) is 43.2 Å². The van der Waals surface area contributed by atoms with Crippen LogP contribution in [0.4, 0.5) is 0 Å². The highest BCUT2D eigenvalue weighted by molar-refractivity contribution is 5.82. The molecule has 1 saturated carbocycles. The lowest BCUT2D eigenvalue weighted by Gasteiger charge is -2.18. The molecule has 0 unspecified atom stereocenters. The molecule has 0 radical (unpaired) electrons. The van der Waals surface area contributed by atoms with Crippen LogP contribution in [0.15, 0.2) is 65.6 Å². The number of hydrogen-bond donors (Lipinski definition) is 0. The van der Waals surface area contributed by atoms with Crippen molar-refractivity contribution in [2.45, 2.75) is 31.8 Å². The third kappa shape index (κ3) is 4.78. The second-order valence-electron chi connectivity index (χ2n) is 8.87. The van der Waals surface area contributed by atoms with Gasteiger partial charge in [0.25, 0.3) is 5.56 Å². The number of ether oxygens (including phenoxy) is 3. The highest BCUT2D eigenvalue weighted by Crippen LogP contribution is 2.36. The lowest BCUT2D eigenvalue weighted by molar-refractivity contribution is 0.200. The van der Waals surface area contributed by atoms with Crippen molar-refractivity contribution in [3.63, 3.8) is 0 Å². The molecule has 7 nitrogen and oxygen atoms in total. The SMILES string of the molecule is COc1cccc(/C=C/c2nc3c(OC)cccn3c(=O)c2-c2ccc(C#N)cc2)c1OC1CCCC1. The molecule has 4 aromatic rings. The van der Waals surface area contributed by atoms with Gasteiger partial charge in [-0.25, -0.2) is 4.98 Å². The van der Waals surface area contributed by atoms with E-state index in [0.29, 0.717) is 45.3 Å². The minimum Gasteiger partial charge on any atom is -0.493 e. The van der Waals surface area contributed by atoms with E-state index in [1.165, 1.54) is 4.40 Å². The van der Waals surface area contributed by atoms with Crippen LogP contribution in [-0.2, 0) is 0 Å². The average Bonchev–Trinajstić information content (AvgIpc) is 3.45. The Labute approximate surface area is 215 Å². The summed E-state index contributed by atoms with van der Waals surface area (Å²) in [5.74, 6) is 1.84. The molecule has 0 atom stereocenters. The Kier molecular flexibility index (Phi) is 6.91. The first-order valence-corrected chi connectivity index (χ1v) is 12.2. The van der Waals surface area contributed by atoms with E-state index in [1.807, 2.05) is 30.4 Å². The topological polar surface area (TPSA) is 85.9 Å². The standard InChI is InChI=1S/C30H27N3O4/c1-35-25-10-5-7-22(28(25)37-23-8-3-4-9-23)16-17-24-27(21-14-12-20(19-31)13-15-21)30(34)33-18-6-11-26(36-2)29(33)32-24/h5-7,10-18,23H,3-4,8-9H2,1-2H3/b17-16+. The van der Waals surface area contributed by atoms with Gasteiger partial charge in [-0.15, -0.1) is 0 Å². The summed E-state index contributed by atoms with van der Waals surface area (Å²) in [6.45, 7) is 0. The van der Waals surface area contributed by atoms with Gasteiger partial charge in [-0.2, -0.15) is 5.26 Å². The van der Waals surface area contributed by atoms with Crippen molar-refractivity contribution in [1.82, 2.24) is 9.38 Å². The molecule has 2 aromatic carbocycles. The van der Waals surface area contributed by atoms with Crippen LogP contribution in [0.3, 0.4) is 0 Å². The number of hydrogen-bond acceptors (Lipinski definition) is 6. The third-order valence-electron chi connectivity index (χ3n) is 6.61. The highest BCUT2D eigenvalue weighted by atomic mass is 16.5. The van der Waals surface area contributed by atoms with Gasteiger partial charge >= 0.3 is 0 Å². The molecule has 1 aliphatic rings. The lowest BCUT2D eigenvalue weighted by Crippen LogP contribution is -2.19. The summed E-state index contributed by atoms with van der Waals surface area (Å²) in [5, 5.41) is 9.21. The molecule has 1 fully saturated rings. The zero-order valence-corrected chi connectivity index (χ0v) is 20.8. The molecule has 2 aromatic heterocycles. The number of pyridine rings is 1. The summed E-state index contributed by atoms with van der Waals surface area (Å²) >= 11 is 0. The predicted molar refractivity (Wildman–Crippen MR) is 143 cm³/mol. The molecule has 0 saturated heterocycles. The van der Waals surface area contributed by atoms with Crippen molar-refractivity contribution in [3.8, 4) is 34.4 Å². The van der Waals surface area contributed by atoms with Gasteiger partial charge < -0.3 is 14.2 Å². The third-order valence-corrected chi connectivity index (χ3v) is 6.61. The number of nitrogens with zero attached hydrogens (tertiary/aromatic N) is 3. The fourth-order valence-electron chi connectivity index (χ4n) is 4.71. The zero-order chi connectivity index (χ0) is 25.8. The van der Waals surface area contributed by atoms with Gasteiger partial charge in [0.2, 0.25) is 0 Å². The van der Waals surface area contributed by atoms with E-state index in [1.54, 1.807) is 56.8 Å². The van der Waals surface area contributed by atoms with Crippen molar-refractivity contribution in [2.75, 3.05) is 14.2 Å². The summed E-state index contributed by atoms with van der Waals surface area (Å²) in [7, 11) is 3.18. The average molecular weight is 494 g/mol. The molecule has 37 heavy (non-hydrogen) atoms. The Hall–Kier alpha value is -4.57. The predicted octanol–water partition coefficient (Wildman–Crippen LogP) is 5.74. The van der Waals surface area contributed by atoms with E-state index in [9.17, 15) is 10.1 Å². The number of nitriles is 1. The maximum absolute atomic E-state index is 13.7. The first-order chi connectivity index (χ1) is 18.1. The number of aromatic nitrogens is 2.